The van der Waals surface area contributed by atoms with Gasteiger partial charge in [0.05, 0.1) is 19.0 Å². The molecule has 0 aliphatic carbocycles. The van der Waals surface area contributed by atoms with E-state index < -0.39 is 5.72 Å². The molecule has 0 saturated carbocycles. The highest BCUT2D eigenvalue weighted by Crippen LogP contribution is 2.50. The van der Waals surface area contributed by atoms with Crippen molar-refractivity contribution in [2.75, 3.05) is 13.1 Å². The first-order valence-electron chi connectivity index (χ1n) is 10.3. The molecule has 0 N–H and O–H groups in total. The number of aromatic nitrogens is 1. The van der Waals surface area contributed by atoms with Gasteiger partial charge in [-0.25, -0.2) is 0 Å². The van der Waals surface area contributed by atoms with E-state index in [1.807, 2.05) is 48.2 Å². The Balaban J connectivity index is 1.49. The van der Waals surface area contributed by atoms with Gasteiger partial charge in [0.2, 0.25) is 5.91 Å². The van der Waals surface area contributed by atoms with Gasteiger partial charge in [0.1, 0.15) is 11.7 Å². The average molecular weight is 407 g/mol. The molecule has 1 aromatic heterocycles. The fraction of sp³-hybridized carbons (Fsp3) is 0.435. The van der Waals surface area contributed by atoms with Gasteiger partial charge in [0.15, 0.2) is 5.72 Å². The van der Waals surface area contributed by atoms with Crippen LogP contribution >= 0.6 is 0 Å². The van der Waals surface area contributed by atoms with Crippen LogP contribution in [0.15, 0.2) is 41.2 Å². The highest BCUT2D eigenvalue weighted by molar-refractivity contribution is 5.97. The summed E-state index contributed by atoms with van der Waals surface area (Å²) in [6.45, 7) is 4.59. The molecule has 4 heterocycles. The molecule has 156 valence electrons. The topological polar surface area (TPSA) is 71.9 Å². The first kappa shape index (κ1) is 19.1. The predicted octanol–water partition coefficient (Wildman–Crippen LogP) is 1.92. The zero-order chi connectivity index (χ0) is 21.2. The minimum Gasteiger partial charge on any atom is -0.343 e. The molecule has 3 atom stereocenters. The highest BCUT2D eigenvalue weighted by Gasteiger charge is 2.65. The van der Waals surface area contributed by atoms with Crippen molar-refractivity contribution in [2.45, 2.75) is 44.6 Å². The van der Waals surface area contributed by atoms with Crippen LogP contribution in [0.5, 0.6) is 0 Å². The van der Waals surface area contributed by atoms with Crippen LogP contribution in [0, 0.1) is 13.8 Å². The maximum Gasteiger partial charge on any atom is 0.263 e. The van der Waals surface area contributed by atoms with Crippen molar-refractivity contribution in [3.8, 4) is 0 Å². The van der Waals surface area contributed by atoms with Gasteiger partial charge in [0, 0.05) is 25.7 Å². The quantitative estimate of drug-likeness (QED) is 0.763. The molecule has 7 nitrogen and oxygen atoms in total. The lowest BCUT2D eigenvalue weighted by Crippen LogP contribution is -2.49. The van der Waals surface area contributed by atoms with Crippen molar-refractivity contribution in [1.29, 1.82) is 0 Å². The molecule has 0 radical (unpaired) electrons. The third kappa shape index (κ3) is 2.51. The molecule has 0 unspecified atom stereocenters. The average Bonchev–Trinajstić information content (AvgIpc) is 3.35. The Bertz CT molecular complexity index is 1110. The fourth-order valence-electron chi connectivity index (χ4n) is 5.29. The third-order valence-electron chi connectivity index (χ3n) is 6.94. The van der Waals surface area contributed by atoms with Gasteiger partial charge in [-0.15, -0.1) is 0 Å². The van der Waals surface area contributed by atoms with Crippen LogP contribution in [0.3, 0.4) is 0 Å². The molecule has 30 heavy (non-hydrogen) atoms. The van der Waals surface area contributed by atoms with E-state index in [1.165, 1.54) is 4.57 Å². The van der Waals surface area contributed by atoms with Crippen LogP contribution < -0.4 is 5.56 Å². The second-order valence-corrected chi connectivity index (χ2v) is 8.54. The summed E-state index contributed by atoms with van der Waals surface area (Å²) in [4.78, 5) is 42.6. The summed E-state index contributed by atoms with van der Waals surface area (Å²) in [5.74, 6) is -0.305. The van der Waals surface area contributed by atoms with Crippen LogP contribution in [-0.4, -0.2) is 51.0 Å². The zero-order valence-electron chi connectivity index (χ0n) is 17.4. The minimum absolute atomic E-state index is 0.00413. The number of benzene rings is 1. The Morgan fingerprint density at radius 3 is 2.63 bits per heavy atom. The SMILES string of the molecule is Cc1cc(C)n(C)c(=O)c1C(=O)N1CC[C@@]23O[C@H](c4ccccc4)CN2C(=O)C[C@@H]13. The normalized spacial score (nSPS) is 27.5. The Morgan fingerprint density at radius 1 is 1.17 bits per heavy atom. The Hall–Kier alpha value is -2.93. The number of likely N-dealkylation sites (tertiary alicyclic amines) is 1. The second-order valence-electron chi connectivity index (χ2n) is 8.54. The van der Waals surface area contributed by atoms with Gasteiger partial charge >= 0.3 is 0 Å². The molecule has 3 fully saturated rings. The summed E-state index contributed by atoms with van der Waals surface area (Å²) in [5, 5.41) is 0. The van der Waals surface area contributed by atoms with Crippen LogP contribution in [0.1, 0.15) is 46.1 Å². The van der Waals surface area contributed by atoms with Gasteiger partial charge < -0.3 is 19.1 Å². The van der Waals surface area contributed by atoms with Crippen molar-refractivity contribution < 1.29 is 14.3 Å². The molecule has 3 saturated heterocycles. The lowest BCUT2D eigenvalue weighted by molar-refractivity contribution is -0.138. The Morgan fingerprint density at radius 2 is 1.90 bits per heavy atom. The number of carbonyl (C=O) groups excluding carboxylic acids is 2. The van der Waals surface area contributed by atoms with Crippen LogP contribution in [0.25, 0.3) is 0 Å². The number of ether oxygens (including phenoxy) is 1. The summed E-state index contributed by atoms with van der Waals surface area (Å²) in [6, 6.07) is 11.3. The molecule has 2 amide bonds. The molecule has 0 bridgehead atoms. The van der Waals surface area contributed by atoms with Crippen molar-refractivity contribution >= 4 is 11.8 Å². The molecule has 7 heteroatoms. The molecular formula is C23H25N3O4. The van der Waals surface area contributed by atoms with Gasteiger partial charge in [0.25, 0.3) is 11.5 Å². The van der Waals surface area contributed by atoms with E-state index in [9.17, 15) is 14.4 Å². The first-order valence-corrected chi connectivity index (χ1v) is 10.3. The smallest absolute Gasteiger partial charge is 0.263 e. The van der Waals surface area contributed by atoms with E-state index in [0.29, 0.717) is 25.1 Å². The molecule has 5 rings (SSSR count). The molecule has 3 aliphatic heterocycles. The van der Waals surface area contributed by atoms with E-state index in [1.54, 1.807) is 18.9 Å². The number of hydrogen-bond donors (Lipinski definition) is 0. The summed E-state index contributed by atoms with van der Waals surface area (Å²) < 4.78 is 8.00. The van der Waals surface area contributed by atoms with Crippen LogP contribution in [-0.2, 0) is 16.6 Å². The fourth-order valence-corrected chi connectivity index (χ4v) is 5.29. The van der Waals surface area contributed by atoms with Crippen LogP contribution in [0.2, 0.25) is 0 Å². The van der Waals surface area contributed by atoms with Crippen LogP contribution in [0.4, 0.5) is 0 Å². The number of rotatable bonds is 2. The van der Waals surface area contributed by atoms with Gasteiger partial charge in [-0.1, -0.05) is 30.3 Å². The van der Waals surface area contributed by atoms with Gasteiger partial charge in [-0.05, 0) is 31.0 Å². The lowest BCUT2D eigenvalue weighted by Gasteiger charge is -2.32. The summed E-state index contributed by atoms with van der Waals surface area (Å²) in [5.41, 5.74) is 1.59. The van der Waals surface area contributed by atoms with Gasteiger partial charge in [-0.2, -0.15) is 0 Å². The third-order valence-corrected chi connectivity index (χ3v) is 6.94. The maximum absolute atomic E-state index is 13.5. The number of nitrogens with zero attached hydrogens (tertiary/aromatic N) is 3. The molecular weight excluding hydrogens is 382 g/mol. The summed E-state index contributed by atoms with van der Waals surface area (Å²) in [7, 11) is 1.67. The molecule has 2 aromatic rings. The lowest BCUT2D eigenvalue weighted by atomic mass is 10.0. The van der Waals surface area contributed by atoms with E-state index >= 15 is 0 Å². The summed E-state index contributed by atoms with van der Waals surface area (Å²) >= 11 is 0. The summed E-state index contributed by atoms with van der Waals surface area (Å²) in [6.07, 6.45) is 0.587. The number of amides is 2. The zero-order valence-corrected chi connectivity index (χ0v) is 17.4. The number of pyridine rings is 1. The first-order chi connectivity index (χ1) is 14.3. The molecule has 3 aliphatic rings. The molecule has 1 spiro atoms. The Labute approximate surface area is 174 Å². The standard InChI is InChI=1S/C23H25N3O4/c1-14-11-15(2)24(3)21(28)20(14)22(29)25-10-9-23-18(25)12-19(27)26(23)13-17(30-23)16-7-5-4-6-8-16/h4-8,11,17-18H,9-10,12-13H2,1-3H3/t17-,18+,23-/m0/s1. The maximum atomic E-state index is 13.5. The van der Waals surface area contributed by atoms with Crippen molar-refractivity contribution in [3.63, 3.8) is 0 Å². The minimum atomic E-state index is -0.795. The van der Waals surface area contributed by atoms with Crippen molar-refractivity contribution in [2.24, 2.45) is 7.05 Å². The largest absolute Gasteiger partial charge is 0.343 e. The van der Waals surface area contributed by atoms with Crippen molar-refractivity contribution in [3.05, 3.63) is 69.1 Å². The van der Waals surface area contributed by atoms with E-state index in [2.05, 4.69) is 0 Å². The predicted molar refractivity (Wildman–Crippen MR) is 110 cm³/mol. The molecule has 1 aromatic carbocycles. The monoisotopic (exact) mass is 407 g/mol. The van der Waals surface area contributed by atoms with E-state index in [0.717, 1.165) is 11.3 Å². The number of hydrogen-bond acceptors (Lipinski definition) is 4. The number of aryl methyl sites for hydroxylation is 2. The van der Waals surface area contributed by atoms with Crippen molar-refractivity contribution in [1.82, 2.24) is 14.4 Å². The van der Waals surface area contributed by atoms with E-state index in [-0.39, 0.29) is 41.5 Å². The van der Waals surface area contributed by atoms with E-state index in [4.69, 9.17) is 4.74 Å². The van der Waals surface area contributed by atoms with Gasteiger partial charge in [-0.3, -0.25) is 14.4 Å². The Kier molecular flexibility index (Phi) is 4.15. The highest BCUT2D eigenvalue weighted by atomic mass is 16.5. The second kappa shape index (κ2) is 6.54. The number of carbonyl (C=O) groups is 2.